The maximum atomic E-state index is 12.9. The Balaban J connectivity index is 1.27. The van der Waals surface area contributed by atoms with E-state index in [4.69, 9.17) is 4.42 Å². The van der Waals surface area contributed by atoms with Crippen molar-refractivity contribution in [3.8, 4) is 11.5 Å². The van der Waals surface area contributed by atoms with Crippen molar-refractivity contribution in [2.45, 2.75) is 55.7 Å². The molecule has 7 nitrogen and oxygen atoms in total. The number of benzene rings is 2. The molecule has 1 saturated carbocycles. The van der Waals surface area contributed by atoms with E-state index in [0.29, 0.717) is 23.6 Å². The van der Waals surface area contributed by atoms with E-state index in [0.717, 1.165) is 24.0 Å². The monoisotopic (exact) mass is 467 g/mol. The maximum absolute atomic E-state index is 12.9. The molecule has 33 heavy (non-hydrogen) atoms. The molecular weight excluding hydrogens is 438 g/mol. The molecule has 0 spiro atoms. The lowest BCUT2D eigenvalue weighted by molar-refractivity contribution is -0.127. The molecule has 3 N–H and O–H groups in total. The number of aromatic nitrogens is 1. The van der Waals surface area contributed by atoms with Crippen molar-refractivity contribution in [1.82, 2.24) is 15.0 Å². The van der Waals surface area contributed by atoms with Crippen LogP contribution in [0.3, 0.4) is 0 Å². The van der Waals surface area contributed by atoms with Crippen LogP contribution < -0.4 is 10.0 Å². The molecule has 4 rings (SSSR count). The van der Waals surface area contributed by atoms with E-state index in [1.54, 1.807) is 13.1 Å². The summed E-state index contributed by atoms with van der Waals surface area (Å²) in [5.41, 5.74) is 1.72. The Hall–Kier alpha value is -2.65. The minimum atomic E-state index is -1.33. The summed E-state index contributed by atoms with van der Waals surface area (Å²) in [6.07, 6.45) is 5.38. The van der Waals surface area contributed by atoms with Crippen molar-refractivity contribution >= 4 is 17.3 Å². The molecule has 0 saturated heterocycles. The van der Waals surface area contributed by atoms with Crippen molar-refractivity contribution in [2.24, 2.45) is 5.92 Å². The fourth-order valence-electron chi connectivity index (χ4n) is 4.19. The molecule has 1 unspecified atom stereocenters. The Morgan fingerprint density at radius 1 is 1.12 bits per heavy atom. The summed E-state index contributed by atoms with van der Waals surface area (Å²) in [4.78, 5) is 17.7. The van der Waals surface area contributed by atoms with Gasteiger partial charge in [-0.3, -0.25) is 4.79 Å². The molecule has 1 heterocycles. The normalized spacial score (nSPS) is 21.2. The zero-order chi connectivity index (χ0) is 23.2. The zero-order valence-corrected chi connectivity index (χ0v) is 19.3. The molecule has 0 radical (unpaired) electrons. The van der Waals surface area contributed by atoms with Crippen molar-refractivity contribution < 1.29 is 18.9 Å². The lowest BCUT2D eigenvalue weighted by Crippen LogP contribution is -2.43. The summed E-state index contributed by atoms with van der Waals surface area (Å²) in [5.74, 6) is 0.384. The highest BCUT2D eigenvalue weighted by Gasteiger charge is 2.31. The summed E-state index contributed by atoms with van der Waals surface area (Å²) >= 11 is -1.33. The van der Waals surface area contributed by atoms with Gasteiger partial charge in [-0.25, -0.2) is 4.98 Å². The van der Waals surface area contributed by atoms with E-state index >= 15 is 0 Å². The van der Waals surface area contributed by atoms with E-state index in [9.17, 15) is 14.5 Å². The molecule has 8 heteroatoms. The molecule has 1 amide bonds. The number of aliphatic hydroxyl groups is 1. The van der Waals surface area contributed by atoms with Crippen LogP contribution in [0, 0.1) is 5.92 Å². The van der Waals surface area contributed by atoms with Gasteiger partial charge in [0.2, 0.25) is 11.8 Å². The topological polar surface area (TPSA) is 110 Å². The van der Waals surface area contributed by atoms with Crippen LogP contribution in [0.5, 0.6) is 0 Å². The predicted molar refractivity (Wildman–Crippen MR) is 126 cm³/mol. The Morgan fingerprint density at radius 2 is 1.82 bits per heavy atom. The first kappa shape index (κ1) is 23.5. The van der Waals surface area contributed by atoms with Gasteiger partial charge in [0.1, 0.15) is 6.26 Å². The first-order valence-electron chi connectivity index (χ1n) is 11.2. The lowest BCUT2D eigenvalue weighted by Gasteiger charge is -2.30. The number of carbonyl (C=O) groups excluding carboxylic acids is 1. The molecule has 1 aromatic heterocycles. The van der Waals surface area contributed by atoms with Gasteiger partial charge < -0.3 is 19.4 Å². The third kappa shape index (κ3) is 6.03. The Morgan fingerprint density at radius 3 is 2.42 bits per heavy atom. The van der Waals surface area contributed by atoms with Crippen molar-refractivity contribution in [3.63, 3.8) is 0 Å². The molecule has 2 aromatic carbocycles. The summed E-state index contributed by atoms with van der Waals surface area (Å²) in [6, 6.07) is 16.5. The molecular formula is C25H29N3O4S. The maximum Gasteiger partial charge on any atom is 0.225 e. The number of oxazole rings is 1. The number of aliphatic hydroxyl groups excluding tert-OH is 1. The summed E-state index contributed by atoms with van der Waals surface area (Å²) in [5, 5.41) is 13.2. The number of nitrogens with zero attached hydrogens (tertiary/aromatic N) is 1. The molecule has 1 fully saturated rings. The van der Waals surface area contributed by atoms with Crippen LogP contribution in [-0.4, -0.2) is 32.7 Å². The van der Waals surface area contributed by atoms with E-state index in [1.165, 1.54) is 6.26 Å². The van der Waals surface area contributed by atoms with Gasteiger partial charge in [-0.2, -0.15) is 0 Å². The molecule has 174 valence electrons. The quantitative estimate of drug-likeness (QED) is 0.435. The molecule has 1 aliphatic carbocycles. The van der Waals surface area contributed by atoms with Gasteiger partial charge in [-0.15, -0.1) is 4.72 Å². The summed E-state index contributed by atoms with van der Waals surface area (Å²) in [6.45, 7) is 1.69. The summed E-state index contributed by atoms with van der Waals surface area (Å²) in [7, 11) is 0. The van der Waals surface area contributed by atoms with Crippen molar-refractivity contribution in [1.29, 1.82) is 0 Å². The van der Waals surface area contributed by atoms with Crippen LogP contribution in [0.4, 0.5) is 0 Å². The Labute approximate surface area is 196 Å². The Kier molecular flexibility index (Phi) is 7.82. The summed E-state index contributed by atoms with van der Waals surface area (Å²) < 4.78 is 21.2. The zero-order valence-electron chi connectivity index (χ0n) is 18.5. The second-order valence-corrected chi connectivity index (χ2v) is 9.68. The van der Waals surface area contributed by atoms with Crippen LogP contribution in [0.2, 0.25) is 0 Å². The van der Waals surface area contributed by atoms with Gasteiger partial charge >= 0.3 is 0 Å². The van der Waals surface area contributed by atoms with Crippen LogP contribution in [0.15, 0.2) is 76.4 Å². The SMILES string of the molecule is C[C@@H](O)[C@@H](NC(=O)[C@H]1CC[C@H](N[S+]([O-])c2ccc(-c3ncco3)cc2)CC1)c1ccccc1. The molecule has 0 aliphatic heterocycles. The van der Waals surface area contributed by atoms with Gasteiger partial charge in [-0.05, 0) is 62.4 Å². The number of carbonyl (C=O) groups is 1. The minimum absolute atomic E-state index is 0.0357. The smallest absolute Gasteiger partial charge is 0.225 e. The molecule has 3 aromatic rings. The van der Waals surface area contributed by atoms with E-state index < -0.39 is 23.5 Å². The van der Waals surface area contributed by atoms with E-state index in [-0.39, 0.29) is 17.9 Å². The van der Waals surface area contributed by atoms with Crippen LogP contribution >= 0.6 is 0 Å². The van der Waals surface area contributed by atoms with Gasteiger partial charge in [0.05, 0.1) is 35.7 Å². The number of hydrogen-bond donors (Lipinski definition) is 3. The number of hydrogen-bond acceptors (Lipinski definition) is 6. The predicted octanol–water partition coefficient (Wildman–Crippen LogP) is 3.75. The standard InChI is InChI=1S/C25H29N3O4S/c1-17(29)23(18-5-3-2-4-6-18)27-24(30)19-7-11-21(12-8-19)28-33(31)22-13-9-20(10-14-22)25-26-15-16-32-25/h2-6,9-10,13-17,19,21,23,28-29H,7-8,11-12H2,1H3,(H,27,30)/t17-,19-,21-,23-,33?/m1/s1. The number of nitrogens with one attached hydrogen (secondary N) is 2. The van der Waals surface area contributed by atoms with E-state index in [1.807, 2.05) is 54.6 Å². The second-order valence-electron chi connectivity index (χ2n) is 8.43. The fraction of sp³-hybridized carbons (Fsp3) is 0.360. The van der Waals surface area contributed by atoms with Crippen LogP contribution in [0.1, 0.15) is 44.2 Å². The largest absolute Gasteiger partial charge is 0.593 e. The number of rotatable bonds is 8. The molecule has 3 atom stereocenters. The van der Waals surface area contributed by atoms with Crippen molar-refractivity contribution in [3.05, 3.63) is 72.6 Å². The Bertz CT molecular complexity index is 1000. The highest BCUT2D eigenvalue weighted by atomic mass is 32.2. The van der Waals surface area contributed by atoms with E-state index in [2.05, 4.69) is 15.0 Å². The third-order valence-electron chi connectivity index (χ3n) is 6.06. The van der Waals surface area contributed by atoms with Gasteiger partial charge in [0.25, 0.3) is 0 Å². The fourth-order valence-corrected chi connectivity index (χ4v) is 5.25. The average molecular weight is 468 g/mol. The average Bonchev–Trinajstić information content (AvgIpc) is 3.38. The van der Waals surface area contributed by atoms with Gasteiger partial charge in [0.15, 0.2) is 4.90 Å². The number of amides is 1. The third-order valence-corrected chi connectivity index (χ3v) is 7.31. The lowest BCUT2D eigenvalue weighted by atomic mass is 9.85. The second kappa shape index (κ2) is 11.0. The van der Waals surface area contributed by atoms with Gasteiger partial charge in [0, 0.05) is 11.5 Å². The first-order valence-corrected chi connectivity index (χ1v) is 12.4. The highest BCUT2D eigenvalue weighted by Crippen LogP contribution is 2.28. The van der Waals surface area contributed by atoms with Gasteiger partial charge in [-0.1, -0.05) is 30.3 Å². The first-order chi connectivity index (χ1) is 16.0. The molecule has 1 aliphatic rings. The molecule has 0 bridgehead atoms. The van der Waals surface area contributed by atoms with Crippen LogP contribution in [-0.2, 0) is 16.2 Å². The van der Waals surface area contributed by atoms with Crippen LogP contribution in [0.25, 0.3) is 11.5 Å². The van der Waals surface area contributed by atoms with Crippen molar-refractivity contribution in [2.75, 3.05) is 0 Å². The minimum Gasteiger partial charge on any atom is -0.593 e. The highest BCUT2D eigenvalue weighted by molar-refractivity contribution is 7.89.